The Morgan fingerprint density at radius 3 is 2.05 bits per heavy atom. The summed E-state index contributed by atoms with van der Waals surface area (Å²) in [7, 11) is 0. The highest BCUT2D eigenvalue weighted by atomic mass is 35.5. The van der Waals surface area contributed by atoms with Crippen LogP contribution < -0.4 is 5.73 Å². The van der Waals surface area contributed by atoms with Crippen molar-refractivity contribution in [3.8, 4) is 0 Å². The number of nitrogens with two attached hydrogens (primary N) is 1. The van der Waals surface area contributed by atoms with E-state index in [1.54, 1.807) is 0 Å². The number of thiophene rings is 1. The molecule has 1 rings (SSSR count). The first-order chi connectivity index (χ1) is 10.6. The zero-order valence-corrected chi connectivity index (χ0v) is 15.1. The van der Waals surface area contributed by atoms with Gasteiger partial charge in [0, 0.05) is 5.56 Å². The second-order valence-corrected chi connectivity index (χ2v) is 7.46. The molecule has 0 bridgehead atoms. The summed E-state index contributed by atoms with van der Waals surface area (Å²) in [6.07, 6.45) is 13.4. The van der Waals surface area contributed by atoms with Gasteiger partial charge in [0.15, 0.2) is 0 Å². The van der Waals surface area contributed by atoms with Crippen LogP contribution in [0, 0.1) is 0 Å². The predicted octanol–water partition coefficient (Wildman–Crippen LogP) is 6.15. The molecule has 126 valence electrons. The topological polar surface area (TPSA) is 63.3 Å². The first-order valence-electron chi connectivity index (χ1n) is 8.37. The highest BCUT2D eigenvalue weighted by molar-refractivity contribution is 7.18. The molecule has 0 unspecified atom stereocenters. The zero-order chi connectivity index (χ0) is 16.4. The maximum atomic E-state index is 11.2. The van der Waals surface area contributed by atoms with Crippen molar-refractivity contribution in [1.82, 2.24) is 0 Å². The third-order valence-corrected chi connectivity index (χ3v) is 5.44. The lowest BCUT2D eigenvalue weighted by Gasteiger charge is -2.04. The first-order valence-corrected chi connectivity index (χ1v) is 9.57. The Balaban J connectivity index is 2.16. The number of anilines is 1. The Labute approximate surface area is 142 Å². The third-order valence-electron chi connectivity index (χ3n) is 3.98. The molecule has 1 aromatic rings. The Morgan fingerprint density at radius 2 is 1.55 bits per heavy atom. The molecule has 0 radical (unpaired) electrons. The van der Waals surface area contributed by atoms with Crippen LogP contribution in [0.25, 0.3) is 0 Å². The van der Waals surface area contributed by atoms with Crippen molar-refractivity contribution in [3.63, 3.8) is 0 Å². The van der Waals surface area contributed by atoms with E-state index in [9.17, 15) is 4.79 Å². The Kier molecular flexibility index (Phi) is 9.56. The monoisotopic (exact) mass is 345 g/mol. The van der Waals surface area contributed by atoms with Crippen LogP contribution in [0.2, 0.25) is 4.34 Å². The molecule has 22 heavy (non-hydrogen) atoms. The normalized spacial score (nSPS) is 11.0. The van der Waals surface area contributed by atoms with Gasteiger partial charge in [-0.2, -0.15) is 0 Å². The summed E-state index contributed by atoms with van der Waals surface area (Å²) in [5, 5.41) is 9.16. The second-order valence-electron chi connectivity index (χ2n) is 5.83. The molecule has 5 heteroatoms. The molecule has 0 aliphatic rings. The van der Waals surface area contributed by atoms with Crippen LogP contribution in [0.15, 0.2) is 0 Å². The lowest BCUT2D eigenvalue weighted by Crippen LogP contribution is -2.00. The Bertz CT molecular complexity index is 460. The molecule has 0 atom stereocenters. The van der Waals surface area contributed by atoms with E-state index in [0.29, 0.717) is 21.3 Å². The molecule has 1 heterocycles. The fraction of sp³-hybridized carbons (Fsp3) is 0.706. The van der Waals surface area contributed by atoms with E-state index in [1.165, 1.54) is 51.4 Å². The number of hydrogen-bond acceptors (Lipinski definition) is 3. The van der Waals surface area contributed by atoms with Crippen molar-refractivity contribution in [1.29, 1.82) is 0 Å². The van der Waals surface area contributed by atoms with Crippen molar-refractivity contribution in [2.75, 3.05) is 5.73 Å². The van der Waals surface area contributed by atoms with Gasteiger partial charge in [-0.3, -0.25) is 0 Å². The second kappa shape index (κ2) is 10.9. The number of carbonyl (C=O) groups is 1. The number of aromatic carboxylic acids is 1. The van der Waals surface area contributed by atoms with E-state index in [1.807, 2.05) is 0 Å². The quantitative estimate of drug-likeness (QED) is 0.447. The van der Waals surface area contributed by atoms with Gasteiger partial charge in [0.2, 0.25) is 0 Å². The van der Waals surface area contributed by atoms with Gasteiger partial charge in [-0.25, -0.2) is 4.79 Å². The van der Waals surface area contributed by atoms with Crippen molar-refractivity contribution in [3.05, 3.63) is 14.8 Å². The maximum Gasteiger partial charge on any atom is 0.346 e. The molecule has 0 amide bonds. The molecule has 0 aromatic carbocycles. The zero-order valence-electron chi connectivity index (χ0n) is 13.5. The number of halogens is 1. The molecule has 0 saturated heterocycles. The third kappa shape index (κ3) is 6.57. The van der Waals surface area contributed by atoms with Crippen molar-refractivity contribution >= 4 is 34.6 Å². The molecule has 3 N–H and O–H groups in total. The van der Waals surface area contributed by atoms with Gasteiger partial charge in [0.05, 0.1) is 5.69 Å². The summed E-state index contributed by atoms with van der Waals surface area (Å²) >= 11 is 7.01. The van der Waals surface area contributed by atoms with E-state index in [2.05, 4.69) is 6.92 Å². The van der Waals surface area contributed by atoms with Gasteiger partial charge in [-0.1, -0.05) is 76.3 Å². The fourth-order valence-corrected chi connectivity index (χ4v) is 3.84. The highest BCUT2D eigenvalue weighted by Gasteiger charge is 2.19. The molecule has 0 saturated carbocycles. The van der Waals surface area contributed by atoms with Gasteiger partial charge >= 0.3 is 5.97 Å². The summed E-state index contributed by atoms with van der Waals surface area (Å²) in [5.41, 5.74) is 7.06. The van der Waals surface area contributed by atoms with E-state index in [-0.39, 0.29) is 0 Å². The van der Waals surface area contributed by atoms with Crippen LogP contribution in [0.3, 0.4) is 0 Å². The SMILES string of the molecule is CCCCCCCCCCCCc1c(C(=O)O)sc(Cl)c1N. The fourth-order valence-electron chi connectivity index (χ4n) is 2.66. The molecular weight excluding hydrogens is 318 g/mol. The average molecular weight is 346 g/mol. The Morgan fingerprint density at radius 1 is 1.05 bits per heavy atom. The highest BCUT2D eigenvalue weighted by Crippen LogP contribution is 2.36. The van der Waals surface area contributed by atoms with Gasteiger partial charge in [-0.05, 0) is 12.8 Å². The van der Waals surface area contributed by atoms with Crippen molar-refractivity contribution in [2.45, 2.75) is 77.6 Å². The Hall–Kier alpha value is -0.740. The van der Waals surface area contributed by atoms with Crippen LogP contribution >= 0.6 is 22.9 Å². The van der Waals surface area contributed by atoms with Crippen molar-refractivity contribution < 1.29 is 9.90 Å². The number of unbranched alkanes of at least 4 members (excludes halogenated alkanes) is 9. The summed E-state index contributed by atoms with van der Waals surface area (Å²) in [6.45, 7) is 2.24. The van der Waals surface area contributed by atoms with E-state index >= 15 is 0 Å². The minimum absolute atomic E-state index is 0.304. The summed E-state index contributed by atoms with van der Waals surface area (Å²) in [4.78, 5) is 11.5. The van der Waals surface area contributed by atoms with E-state index < -0.39 is 5.97 Å². The number of carboxylic acids is 1. The number of rotatable bonds is 12. The van der Waals surface area contributed by atoms with Crippen molar-refractivity contribution in [2.24, 2.45) is 0 Å². The van der Waals surface area contributed by atoms with E-state index in [0.717, 1.165) is 29.7 Å². The lowest BCUT2D eigenvalue weighted by atomic mass is 10.0. The average Bonchev–Trinajstić information content (AvgIpc) is 2.77. The molecule has 0 fully saturated rings. The minimum atomic E-state index is -0.925. The largest absolute Gasteiger partial charge is 0.477 e. The summed E-state index contributed by atoms with van der Waals surface area (Å²) in [6, 6.07) is 0. The molecule has 1 aromatic heterocycles. The van der Waals surface area contributed by atoms with Gasteiger partial charge < -0.3 is 10.8 Å². The number of nitrogen functional groups attached to an aromatic ring is 1. The smallest absolute Gasteiger partial charge is 0.346 e. The van der Waals surface area contributed by atoms with Gasteiger partial charge in [0.25, 0.3) is 0 Å². The number of hydrogen-bond donors (Lipinski definition) is 2. The molecule has 0 aliphatic carbocycles. The van der Waals surface area contributed by atoms with E-state index in [4.69, 9.17) is 22.4 Å². The molecular formula is C17H28ClNO2S. The molecule has 0 aliphatic heterocycles. The molecule has 0 spiro atoms. The molecule has 3 nitrogen and oxygen atoms in total. The lowest BCUT2D eigenvalue weighted by molar-refractivity contribution is 0.0701. The number of carboxylic acid groups (broad SMARTS) is 1. The summed E-state index contributed by atoms with van der Waals surface area (Å²) in [5.74, 6) is -0.925. The van der Waals surface area contributed by atoms with Crippen LogP contribution in [0.1, 0.15) is 86.4 Å². The van der Waals surface area contributed by atoms with Crippen LogP contribution in [-0.4, -0.2) is 11.1 Å². The predicted molar refractivity (Wildman–Crippen MR) is 96.2 cm³/mol. The first kappa shape index (κ1) is 19.3. The van der Waals surface area contributed by atoms with Crippen LogP contribution in [0.5, 0.6) is 0 Å². The maximum absolute atomic E-state index is 11.2. The summed E-state index contributed by atoms with van der Waals surface area (Å²) < 4.78 is 0.402. The van der Waals surface area contributed by atoms with Gasteiger partial charge in [-0.15, -0.1) is 11.3 Å². The minimum Gasteiger partial charge on any atom is -0.477 e. The van der Waals surface area contributed by atoms with Gasteiger partial charge in [0.1, 0.15) is 9.21 Å². The standard InChI is InChI=1S/C17H28ClNO2S/c1-2-3-4-5-6-7-8-9-10-11-12-13-14(19)16(18)22-15(13)17(20)21/h2-12,19H2,1H3,(H,20,21). The van der Waals surface area contributed by atoms with Crippen LogP contribution in [0.4, 0.5) is 5.69 Å². The van der Waals surface area contributed by atoms with Crippen LogP contribution in [-0.2, 0) is 6.42 Å².